The smallest absolute Gasteiger partial charge is 0.142 e. The molecule has 0 atom stereocenters. The molecule has 0 saturated carbocycles. The van der Waals surface area contributed by atoms with Crippen molar-refractivity contribution < 1.29 is 18.9 Å². The van der Waals surface area contributed by atoms with Crippen LogP contribution in [0, 0.1) is 0 Å². The Balaban J connectivity index is 2.08. The second-order valence-corrected chi connectivity index (χ2v) is 4.87. The fraction of sp³-hybridized carbons (Fsp3) is 0.333. The largest absolute Gasteiger partial charge is 0.497 e. The van der Waals surface area contributed by atoms with E-state index in [1.54, 1.807) is 21.3 Å². The number of anilines is 1. The minimum absolute atomic E-state index is 0.524. The second-order valence-electron chi connectivity index (χ2n) is 4.87. The first-order valence-electron chi connectivity index (χ1n) is 7.44. The van der Waals surface area contributed by atoms with E-state index in [4.69, 9.17) is 18.9 Å². The molecule has 0 saturated heterocycles. The SMILES string of the molecule is COCCOc1ccccc1CNc1cc(OC)ccc1OC. The molecule has 0 fully saturated rings. The van der Waals surface area contributed by atoms with Crippen molar-refractivity contribution in [2.75, 3.05) is 39.9 Å². The van der Waals surface area contributed by atoms with E-state index in [1.807, 2.05) is 42.5 Å². The lowest BCUT2D eigenvalue weighted by molar-refractivity contribution is 0.146. The van der Waals surface area contributed by atoms with Gasteiger partial charge in [-0.15, -0.1) is 0 Å². The van der Waals surface area contributed by atoms with Gasteiger partial charge in [-0.1, -0.05) is 18.2 Å². The third kappa shape index (κ3) is 4.79. The quantitative estimate of drug-likeness (QED) is 0.719. The summed E-state index contributed by atoms with van der Waals surface area (Å²) in [6, 6.07) is 13.6. The Morgan fingerprint density at radius 3 is 2.43 bits per heavy atom. The van der Waals surface area contributed by atoms with Crippen molar-refractivity contribution >= 4 is 5.69 Å². The number of benzene rings is 2. The number of hydrogen-bond acceptors (Lipinski definition) is 5. The van der Waals surface area contributed by atoms with Gasteiger partial charge in [0.15, 0.2) is 0 Å². The van der Waals surface area contributed by atoms with E-state index in [2.05, 4.69) is 5.32 Å². The van der Waals surface area contributed by atoms with Crippen LogP contribution in [0.2, 0.25) is 0 Å². The zero-order chi connectivity index (χ0) is 16.5. The van der Waals surface area contributed by atoms with E-state index in [9.17, 15) is 0 Å². The van der Waals surface area contributed by atoms with Crippen molar-refractivity contribution in [2.45, 2.75) is 6.54 Å². The molecule has 5 heteroatoms. The van der Waals surface area contributed by atoms with Crippen molar-refractivity contribution in [1.29, 1.82) is 0 Å². The first kappa shape index (κ1) is 17.0. The van der Waals surface area contributed by atoms with E-state index in [0.29, 0.717) is 19.8 Å². The van der Waals surface area contributed by atoms with Crippen molar-refractivity contribution in [3.05, 3.63) is 48.0 Å². The highest BCUT2D eigenvalue weighted by Gasteiger charge is 2.07. The van der Waals surface area contributed by atoms with Crippen molar-refractivity contribution in [3.8, 4) is 17.2 Å². The van der Waals surface area contributed by atoms with Crippen LogP contribution in [0.15, 0.2) is 42.5 Å². The van der Waals surface area contributed by atoms with Gasteiger partial charge in [-0.3, -0.25) is 0 Å². The van der Waals surface area contributed by atoms with Gasteiger partial charge in [0, 0.05) is 25.3 Å². The maximum atomic E-state index is 5.75. The lowest BCUT2D eigenvalue weighted by Gasteiger charge is -2.15. The molecule has 2 aromatic rings. The number of rotatable bonds is 9. The highest BCUT2D eigenvalue weighted by atomic mass is 16.5. The summed E-state index contributed by atoms with van der Waals surface area (Å²) in [5, 5.41) is 3.37. The van der Waals surface area contributed by atoms with Crippen LogP contribution < -0.4 is 19.5 Å². The highest BCUT2D eigenvalue weighted by molar-refractivity contribution is 5.60. The molecular weight excluding hydrogens is 294 g/mol. The minimum Gasteiger partial charge on any atom is -0.497 e. The Bertz CT molecular complexity index is 616. The molecule has 0 amide bonds. The van der Waals surface area contributed by atoms with Crippen molar-refractivity contribution in [2.24, 2.45) is 0 Å². The standard InChI is InChI=1S/C18H23NO4/c1-20-10-11-23-17-7-5-4-6-14(17)13-19-16-12-15(21-2)8-9-18(16)22-3/h4-9,12,19H,10-11,13H2,1-3H3. The average molecular weight is 317 g/mol. The lowest BCUT2D eigenvalue weighted by Crippen LogP contribution is -2.08. The van der Waals surface area contributed by atoms with Gasteiger partial charge in [0.1, 0.15) is 23.9 Å². The van der Waals surface area contributed by atoms with Gasteiger partial charge in [0.05, 0.1) is 26.5 Å². The molecule has 0 unspecified atom stereocenters. The Morgan fingerprint density at radius 2 is 1.70 bits per heavy atom. The molecule has 0 aliphatic heterocycles. The zero-order valence-electron chi connectivity index (χ0n) is 13.8. The third-order valence-electron chi connectivity index (χ3n) is 3.39. The molecule has 2 rings (SSSR count). The second kappa shape index (κ2) is 8.90. The maximum absolute atomic E-state index is 5.75. The molecule has 0 aliphatic carbocycles. The Labute approximate surface area is 137 Å². The van der Waals surface area contributed by atoms with Gasteiger partial charge < -0.3 is 24.3 Å². The van der Waals surface area contributed by atoms with Crippen LogP contribution in [-0.4, -0.2) is 34.5 Å². The number of nitrogens with one attached hydrogen (secondary N) is 1. The molecule has 0 bridgehead atoms. The summed E-state index contributed by atoms with van der Waals surface area (Å²) in [5.74, 6) is 2.39. The van der Waals surface area contributed by atoms with Gasteiger partial charge >= 0.3 is 0 Å². The van der Waals surface area contributed by atoms with Crippen LogP contribution in [0.5, 0.6) is 17.2 Å². The number of ether oxygens (including phenoxy) is 4. The average Bonchev–Trinajstić information content (AvgIpc) is 2.60. The lowest BCUT2D eigenvalue weighted by atomic mass is 10.2. The normalized spacial score (nSPS) is 10.2. The Kier molecular flexibility index (Phi) is 6.56. The first-order valence-corrected chi connectivity index (χ1v) is 7.44. The molecule has 23 heavy (non-hydrogen) atoms. The summed E-state index contributed by atoms with van der Waals surface area (Å²) in [4.78, 5) is 0. The summed E-state index contributed by atoms with van der Waals surface area (Å²) >= 11 is 0. The van der Waals surface area contributed by atoms with Gasteiger partial charge in [-0.25, -0.2) is 0 Å². The first-order chi connectivity index (χ1) is 11.3. The summed E-state index contributed by atoms with van der Waals surface area (Å²) < 4.78 is 21.4. The number of methoxy groups -OCH3 is 3. The zero-order valence-corrected chi connectivity index (χ0v) is 13.8. The minimum atomic E-state index is 0.524. The summed E-state index contributed by atoms with van der Waals surface area (Å²) in [5.41, 5.74) is 1.94. The monoisotopic (exact) mass is 317 g/mol. The molecule has 2 aromatic carbocycles. The summed E-state index contributed by atoms with van der Waals surface area (Å²) in [6.45, 7) is 1.70. The van der Waals surface area contributed by atoms with Crippen molar-refractivity contribution in [3.63, 3.8) is 0 Å². The topological polar surface area (TPSA) is 49.0 Å². The third-order valence-corrected chi connectivity index (χ3v) is 3.39. The predicted octanol–water partition coefficient (Wildman–Crippen LogP) is 3.34. The number of hydrogen-bond donors (Lipinski definition) is 1. The van der Waals surface area contributed by atoms with Crippen LogP contribution in [0.3, 0.4) is 0 Å². The van der Waals surface area contributed by atoms with Crippen LogP contribution in [0.1, 0.15) is 5.56 Å². The Hall–Kier alpha value is -2.40. The van der Waals surface area contributed by atoms with Gasteiger partial charge in [-0.2, -0.15) is 0 Å². The molecule has 0 spiro atoms. The molecule has 0 aliphatic rings. The van der Waals surface area contributed by atoms with E-state index in [1.165, 1.54) is 0 Å². The van der Waals surface area contributed by atoms with Crippen molar-refractivity contribution in [1.82, 2.24) is 0 Å². The van der Waals surface area contributed by atoms with Crippen LogP contribution >= 0.6 is 0 Å². The molecule has 5 nitrogen and oxygen atoms in total. The van der Waals surface area contributed by atoms with E-state index < -0.39 is 0 Å². The molecule has 0 aromatic heterocycles. The van der Waals surface area contributed by atoms with E-state index >= 15 is 0 Å². The molecule has 0 radical (unpaired) electrons. The fourth-order valence-electron chi connectivity index (χ4n) is 2.17. The highest BCUT2D eigenvalue weighted by Crippen LogP contribution is 2.30. The van der Waals surface area contributed by atoms with Crippen LogP contribution in [-0.2, 0) is 11.3 Å². The molecular formula is C18H23NO4. The summed E-state index contributed by atoms with van der Waals surface area (Å²) in [7, 11) is 4.95. The predicted molar refractivity (Wildman–Crippen MR) is 90.7 cm³/mol. The van der Waals surface area contributed by atoms with Gasteiger partial charge in [0.2, 0.25) is 0 Å². The Morgan fingerprint density at radius 1 is 0.870 bits per heavy atom. The maximum Gasteiger partial charge on any atom is 0.142 e. The fourth-order valence-corrected chi connectivity index (χ4v) is 2.17. The van der Waals surface area contributed by atoms with Crippen LogP contribution in [0.25, 0.3) is 0 Å². The molecule has 0 heterocycles. The van der Waals surface area contributed by atoms with Gasteiger partial charge in [0.25, 0.3) is 0 Å². The van der Waals surface area contributed by atoms with E-state index in [0.717, 1.165) is 28.5 Å². The number of para-hydroxylation sites is 1. The van der Waals surface area contributed by atoms with Crippen LogP contribution in [0.4, 0.5) is 5.69 Å². The molecule has 1 N–H and O–H groups in total. The molecule has 124 valence electrons. The van der Waals surface area contributed by atoms with Gasteiger partial charge in [-0.05, 0) is 18.2 Å². The summed E-state index contributed by atoms with van der Waals surface area (Å²) in [6.07, 6.45) is 0. The van der Waals surface area contributed by atoms with E-state index in [-0.39, 0.29) is 0 Å².